The van der Waals surface area contributed by atoms with Gasteiger partial charge in [-0.15, -0.1) is 11.8 Å². The Morgan fingerprint density at radius 1 is 1.12 bits per heavy atom. The number of anilines is 1. The van der Waals surface area contributed by atoms with E-state index in [0.29, 0.717) is 17.9 Å². The Labute approximate surface area is 196 Å². The van der Waals surface area contributed by atoms with Crippen LogP contribution in [0.2, 0.25) is 0 Å². The summed E-state index contributed by atoms with van der Waals surface area (Å²) in [6.45, 7) is 3.81. The van der Waals surface area contributed by atoms with Crippen LogP contribution in [-0.2, 0) is 23.2 Å². The number of nitrogens with zero attached hydrogens (tertiary/aromatic N) is 3. The number of carbonyl (C=O) groups is 2. The van der Waals surface area contributed by atoms with Gasteiger partial charge in [-0.05, 0) is 43.7 Å². The fraction of sp³-hybridized carbons (Fsp3) is 0.292. The Morgan fingerprint density at radius 2 is 1.76 bits per heavy atom. The summed E-state index contributed by atoms with van der Waals surface area (Å²) >= 11 is 1.19. The van der Waals surface area contributed by atoms with Gasteiger partial charge in [-0.1, -0.05) is 30.3 Å². The van der Waals surface area contributed by atoms with Gasteiger partial charge in [-0.3, -0.25) is 19.1 Å². The number of nitrogens with one attached hydrogen (secondary N) is 1. The summed E-state index contributed by atoms with van der Waals surface area (Å²) in [6.07, 6.45) is 0. The molecule has 0 bridgehead atoms. The zero-order chi connectivity index (χ0) is 24.1. The van der Waals surface area contributed by atoms with Gasteiger partial charge in [0, 0.05) is 20.6 Å². The average molecular weight is 471 g/mol. The first kappa shape index (κ1) is 24.3. The monoisotopic (exact) mass is 470 g/mol. The second-order valence-electron chi connectivity index (χ2n) is 7.76. The van der Waals surface area contributed by atoms with E-state index in [2.05, 4.69) is 5.32 Å². The maximum Gasteiger partial charge on any atom is 0.295 e. The van der Waals surface area contributed by atoms with E-state index in [1.54, 1.807) is 44.8 Å². The van der Waals surface area contributed by atoms with Crippen LogP contribution in [0.1, 0.15) is 18.2 Å². The fourth-order valence-corrected chi connectivity index (χ4v) is 4.09. The molecule has 3 aromatic rings. The quantitative estimate of drug-likeness (QED) is 0.548. The number of benzene rings is 2. The van der Waals surface area contributed by atoms with E-state index in [1.807, 2.05) is 30.3 Å². The number of aromatic nitrogens is 2. The molecule has 0 saturated carbocycles. The molecule has 0 spiro atoms. The lowest BCUT2D eigenvalue weighted by Crippen LogP contribution is -2.31. The Hall–Kier alpha value is -3.33. The number of hydrogen-bond acceptors (Lipinski definition) is 4. The summed E-state index contributed by atoms with van der Waals surface area (Å²) in [6, 6.07) is 15.1. The summed E-state index contributed by atoms with van der Waals surface area (Å²) in [7, 11) is 3.42. The topological polar surface area (TPSA) is 76.3 Å². The Bertz CT molecular complexity index is 1190. The lowest BCUT2D eigenvalue weighted by atomic mass is 10.2. The van der Waals surface area contributed by atoms with Crippen LogP contribution in [0.3, 0.4) is 0 Å². The van der Waals surface area contributed by atoms with E-state index in [4.69, 9.17) is 0 Å². The number of rotatable bonds is 8. The summed E-state index contributed by atoms with van der Waals surface area (Å²) in [5, 5.41) is 2.19. The van der Waals surface area contributed by atoms with Gasteiger partial charge in [-0.25, -0.2) is 9.07 Å². The van der Waals surface area contributed by atoms with E-state index < -0.39 is 5.25 Å². The lowest BCUT2D eigenvalue weighted by molar-refractivity contribution is -0.127. The van der Waals surface area contributed by atoms with Crippen molar-refractivity contribution in [2.45, 2.75) is 25.6 Å². The molecule has 1 atom stereocenters. The molecule has 33 heavy (non-hydrogen) atoms. The Balaban J connectivity index is 1.60. The molecular weight excluding hydrogens is 443 g/mol. The Kier molecular flexibility index (Phi) is 7.75. The first-order valence-corrected chi connectivity index (χ1v) is 11.5. The van der Waals surface area contributed by atoms with Crippen LogP contribution >= 0.6 is 11.8 Å². The SMILES string of the molecule is Cc1c(NC(=O)C(C)SCC(=O)N(C)Cc2ccc(F)cc2)c(=O)n(-c2ccccc2)n1C. The van der Waals surface area contributed by atoms with Crippen molar-refractivity contribution in [1.29, 1.82) is 0 Å². The maximum atomic E-state index is 13.0. The minimum Gasteiger partial charge on any atom is -0.341 e. The molecule has 0 saturated heterocycles. The predicted molar refractivity (Wildman–Crippen MR) is 129 cm³/mol. The standard InChI is InChI=1S/C24H27FN4O3S/c1-16-22(24(32)29(28(16)4)20-8-6-5-7-9-20)26-23(31)17(2)33-15-21(30)27(3)14-18-10-12-19(25)13-11-18/h5-13,17H,14-15H2,1-4H3,(H,26,31). The highest BCUT2D eigenvalue weighted by atomic mass is 32.2. The number of thioether (sulfide) groups is 1. The van der Waals surface area contributed by atoms with Gasteiger partial charge in [-0.2, -0.15) is 0 Å². The Morgan fingerprint density at radius 3 is 2.39 bits per heavy atom. The molecule has 0 aliphatic rings. The van der Waals surface area contributed by atoms with Gasteiger partial charge in [0.05, 0.1) is 22.4 Å². The van der Waals surface area contributed by atoms with E-state index in [1.165, 1.54) is 33.5 Å². The molecule has 2 amide bonds. The molecule has 174 valence electrons. The van der Waals surface area contributed by atoms with Crippen LogP contribution in [0.5, 0.6) is 0 Å². The van der Waals surface area contributed by atoms with Crippen molar-refractivity contribution in [3.8, 4) is 5.69 Å². The molecule has 7 nitrogen and oxygen atoms in total. The molecule has 0 aliphatic carbocycles. The highest BCUT2D eigenvalue weighted by Crippen LogP contribution is 2.18. The van der Waals surface area contributed by atoms with Crippen LogP contribution in [-0.4, -0.2) is 44.1 Å². The first-order valence-electron chi connectivity index (χ1n) is 10.4. The van der Waals surface area contributed by atoms with Gasteiger partial charge in [0.2, 0.25) is 11.8 Å². The fourth-order valence-electron chi connectivity index (χ4n) is 3.27. The van der Waals surface area contributed by atoms with Gasteiger partial charge < -0.3 is 10.2 Å². The highest BCUT2D eigenvalue weighted by Gasteiger charge is 2.22. The van der Waals surface area contributed by atoms with Crippen molar-refractivity contribution in [1.82, 2.24) is 14.3 Å². The molecule has 2 aromatic carbocycles. The average Bonchev–Trinajstić information content (AvgIpc) is 3.02. The molecule has 3 rings (SSSR count). The summed E-state index contributed by atoms with van der Waals surface area (Å²) in [5.41, 5.74) is 2.05. The van der Waals surface area contributed by atoms with Crippen LogP contribution in [0.15, 0.2) is 59.4 Å². The summed E-state index contributed by atoms with van der Waals surface area (Å²) < 4.78 is 16.2. The predicted octanol–water partition coefficient (Wildman–Crippen LogP) is 3.34. The van der Waals surface area contributed by atoms with Crippen molar-refractivity contribution in [3.63, 3.8) is 0 Å². The molecule has 1 unspecified atom stereocenters. The van der Waals surface area contributed by atoms with Gasteiger partial charge >= 0.3 is 0 Å². The second kappa shape index (κ2) is 10.5. The third-order valence-corrected chi connectivity index (χ3v) is 6.51. The van der Waals surface area contributed by atoms with Crippen LogP contribution in [0, 0.1) is 12.7 Å². The smallest absolute Gasteiger partial charge is 0.295 e. The molecule has 1 N–H and O–H groups in total. The molecule has 1 aromatic heterocycles. The lowest BCUT2D eigenvalue weighted by Gasteiger charge is -2.18. The molecule has 1 heterocycles. The maximum absolute atomic E-state index is 13.0. The number of hydrogen-bond donors (Lipinski definition) is 1. The largest absolute Gasteiger partial charge is 0.341 e. The summed E-state index contributed by atoms with van der Waals surface area (Å²) in [5.74, 6) is -0.715. The van der Waals surface area contributed by atoms with Crippen LogP contribution in [0.4, 0.5) is 10.1 Å². The van der Waals surface area contributed by atoms with Crippen molar-refractivity contribution in [2.24, 2.45) is 7.05 Å². The minimum absolute atomic E-state index is 0.105. The van der Waals surface area contributed by atoms with Crippen molar-refractivity contribution in [3.05, 3.63) is 82.0 Å². The van der Waals surface area contributed by atoms with Crippen LogP contribution < -0.4 is 10.9 Å². The van der Waals surface area contributed by atoms with Crippen LogP contribution in [0.25, 0.3) is 5.69 Å². The van der Waals surface area contributed by atoms with E-state index >= 15 is 0 Å². The highest BCUT2D eigenvalue weighted by molar-refractivity contribution is 8.01. The zero-order valence-electron chi connectivity index (χ0n) is 19.0. The van der Waals surface area contributed by atoms with Gasteiger partial charge in [0.25, 0.3) is 5.56 Å². The molecule has 0 aliphatic heterocycles. The molecule has 0 fully saturated rings. The molecule has 9 heteroatoms. The third-order valence-electron chi connectivity index (χ3n) is 5.39. The summed E-state index contributed by atoms with van der Waals surface area (Å²) in [4.78, 5) is 39.7. The second-order valence-corrected chi connectivity index (χ2v) is 9.08. The third kappa shape index (κ3) is 5.73. The van der Waals surface area contributed by atoms with Crippen molar-refractivity contribution >= 4 is 29.3 Å². The van der Waals surface area contributed by atoms with Crippen molar-refractivity contribution < 1.29 is 14.0 Å². The van der Waals surface area contributed by atoms with Gasteiger partial charge in [0.1, 0.15) is 11.5 Å². The molecule has 0 radical (unpaired) electrons. The van der Waals surface area contributed by atoms with E-state index in [9.17, 15) is 18.8 Å². The number of halogens is 1. The van der Waals surface area contributed by atoms with E-state index in [0.717, 1.165) is 5.56 Å². The number of para-hydroxylation sites is 1. The molecular formula is C24H27FN4O3S. The number of amides is 2. The minimum atomic E-state index is -0.544. The zero-order valence-corrected chi connectivity index (χ0v) is 19.9. The van der Waals surface area contributed by atoms with Crippen molar-refractivity contribution in [2.75, 3.05) is 18.1 Å². The normalized spacial score (nSPS) is 11.8. The number of carbonyl (C=O) groups excluding carboxylic acids is 2. The van der Waals surface area contributed by atoms with Gasteiger partial charge in [0.15, 0.2) is 0 Å². The van der Waals surface area contributed by atoms with E-state index in [-0.39, 0.29) is 34.6 Å². The first-order chi connectivity index (χ1) is 15.7.